The molecule has 1 aliphatic rings. The standard InChI is InChI=1S/C15H21N3O4/c1-15(2,3)22-14(21)17-6-4-11(5-7-17)12-8-16-18(9-12)10-13(19)20/h4,8-9H,5-7,10H2,1-3H3,(H,19,20). The number of amides is 1. The lowest BCUT2D eigenvalue weighted by molar-refractivity contribution is -0.137. The van der Waals surface area contributed by atoms with Gasteiger partial charge in [0.1, 0.15) is 12.1 Å². The van der Waals surface area contributed by atoms with Crippen LogP contribution >= 0.6 is 0 Å². The molecule has 0 saturated carbocycles. The van der Waals surface area contributed by atoms with E-state index >= 15 is 0 Å². The van der Waals surface area contributed by atoms with Crippen molar-refractivity contribution >= 4 is 17.6 Å². The van der Waals surface area contributed by atoms with Crippen molar-refractivity contribution in [1.82, 2.24) is 14.7 Å². The second-order valence-electron chi connectivity index (χ2n) is 6.23. The second kappa shape index (κ2) is 6.21. The molecule has 0 bridgehead atoms. The summed E-state index contributed by atoms with van der Waals surface area (Å²) in [6, 6.07) is 0. The second-order valence-corrected chi connectivity index (χ2v) is 6.23. The number of carboxylic acids is 1. The van der Waals surface area contributed by atoms with E-state index in [-0.39, 0.29) is 12.6 Å². The topological polar surface area (TPSA) is 84.7 Å². The minimum absolute atomic E-state index is 0.155. The number of carboxylic acid groups (broad SMARTS) is 1. The maximum atomic E-state index is 12.0. The molecule has 0 fully saturated rings. The maximum Gasteiger partial charge on any atom is 0.410 e. The van der Waals surface area contributed by atoms with Crippen molar-refractivity contribution < 1.29 is 19.4 Å². The van der Waals surface area contributed by atoms with Gasteiger partial charge in [-0.1, -0.05) is 6.08 Å². The van der Waals surface area contributed by atoms with Gasteiger partial charge in [-0.3, -0.25) is 9.48 Å². The number of carbonyl (C=O) groups excluding carboxylic acids is 1. The first-order valence-electron chi connectivity index (χ1n) is 7.16. The summed E-state index contributed by atoms with van der Waals surface area (Å²) in [7, 11) is 0. The third-order valence-electron chi connectivity index (χ3n) is 3.16. The number of nitrogens with zero attached hydrogens (tertiary/aromatic N) is 3. The Morgan fingerprint density at radius 2 is 2.14 bits per heavy atom. The Morgan fingerprint density at radius 1 is 1.41 bits per heavy atom. The minimum atomic E-state index is -0.927. The van der Waals surface area contributed by atoms with Crippen LogP contribution in [0.2, 0.25) is 0 Å². The highest BCUT2D eigenvalue weighted by Crippen LogP contribution is 2.23. The molecule has 1 aliphatic heterocycles. The van der Waals surface area contributed by atoms with Crippen LogP contribution in [0.4, 0.5) is 4.79 Å². The Labute approximate surface area is 129 Å². The van der Waals surface area contributed by atoms with Crippen LogP contribution in [0.1, 0.15) is 32.8 Å². The normalized spacial score (nSPS) is 15.4. The Hall–Kier alpha value is -2.31. The lowest BCUT2D eigenvalue weighted by Gasteiger charge is -2.29. The number of carbonyl (C=O) groups is 2. The fraction of sp³-hybridized carbons (Fsp3) is 0.533. The molecule has 22 heavy (non-hydrogen) atoms. The fourth-order valence-corrected chi connectivity index (χ4v) is 2.18. The summed E-state index contributed by atoms with van der Waals surface area (Å²) in [6.07, 6.45) is 5.69. The number of aromatic nitrogens is 2. The third-order valence-corrected chi connectivity index (χ3v) is 3.16. The Kier molecular flexibility index (Phi) is 4.54. The number of rotatable bonds is 3. The fourth-order valence-electron chi connectivity index (χ4n) is 2.18. The van der Waals surface area contributed by atoms with Crippen molar-refractivity contribution in [2.24, 2.45) is 0 Å². The molecule has 2 rings (SSSR count). The van der Waals surface area contributed by atoms with Crippen molar-refractivity contribution in [3.8, 4) is 0 Å². The van der Waals surface area contributed by atoms with Crippen molar-refractivity contribution in [2.45, 2.75) is 39.3 Å². The lowest BCUT2D eigenvalue weighted by atomic mass is 10.0. The van der Waals surface area contributed by atoms with Gasteiger partial charge in [0.25, 0.3) is 0 Å². The Balaban J connectivity index is 1.98. The molecule has 1 N–H and O–H groups in total. The van der Waals surface area contributed by atoms with Crippen LogP contribution in [0.3, 0.4) is 0 Å². The quantitative estimate of drug-likeness (QED) is 0.923. The zero-order valence-electron chi connectivity index (χ0n) is 13.1. The molecule has 0 radical (unpaired) electrons. The van der Waals surface area contributed by atoms with E-state index in [9.17, 15) is 9.59 Å². The van der Waals surface area contributed by atoms with Crippen molar-refractivity contribution in [3.05, 3.63) is 24.0 Å². The van der Waals surface area contributed by atoms with E-state index in [0.29, 0.717) is 19.5 Å². The first kappa shape index (κ1) is 16.1. The van der Waals surface area contributed by atoms with E-state index in [0.717, 1.165) is 11.1 Å². The zero-order valence-corrected chi connectivity index (χ0v) is 13.1. The molecule has 0 aromatic carbocycles. The van der Waals surface area contributed by atoms with Gasteiger partial charge in [0.15, 0.2) is 0 Å². The molecule has 7 nitrogen and oxygen atoms in total. The molecule has 0 unspecified atom stereocenters. The maximum absolute atomic E-state index is 12.0. The van der Waals surface area contributed by atoms with Crippen molar-refractivity contribution in [3.63, 3.8) is 0 Å². The summed E-state index contributed by atoms with van der Waals surface area (Å²) in [4.78, 5) is 24.3. The SMILES string of the molecule is CC(C)(C)OC(=O)N1CC=C(c2cnn(CC(=O)O)c2)CC1. The van der Waals surface area contributed by atoms with Crippen LogP contribution in [0.15, 0.2) is 18.5 Å². The molecule has 0 saturated heterocycles. The highest BCUT2D eigenvalue weighted by Gasteiger charge is 2.24. The Morgan fingerprint density at radius 3 is 2.68 bits per heavy atom. The monoisotopic (exact) mass is 307 g/mol. The Bertz CT molecular complexity index is 598. The summed E-state index contributed by atoms with van der Waals surface area (Å²) in [6.45, 7) is 6.42. The van der Waals surface area contributed by atoms with Crippen LogP contribution in [-0.4, -0.2) is 50.5 Å². The molecule has 0 spiro atoms. The van der Waals surface area contributed by atoms with Crippen LogP contribution in [0.25, 0.3) is 5.57 Å². The smallest absolute Gasteiger partial charge is 0.410 e. The van der Waals surface area contributed by atoms with E-state index in [2.05, 4.69) is 5.10 Å². The van der Waals surface area contributed by atoms with Gasteiger partial charge < -0.3 is 14.7 Å². The number of ether oxygens (including phenoxy) is 1. The van der Waals surface area contributed by atoms with E-state index in [1.807, 2.05) is 26.8 Å². The van der Waals surface area contributed by atoms with Crippen molar-refractivity contribution in [1.29, 1.82) is 0 Å². The molecule has 7 heteroatoms. The van der Waals surface area contributed by atoms with Gasteiger partial charge in [-0.25, -0.2) is 4.79 Å². The van der Waals surface area contributed by atoms with Gasteiger partial charge in [-0.2, -0.15) is 5.10 Å². The number of hydrogen-bond acceptors (Lipinski definition) is 4. The average molecular weight is 307 g/mol. The van der Waals surface area contributed by atoms with Gasteiger partial charge >= 0.3 is 12.1 Å². The summed E-state index contributed by atoms with van der Waals surface area (Å²) >= 11 is 0. The van der Waals surface area contributed by atoms with E-state index < -0.39 is 11.6 Å². The first-order chi connectivity index (χ1) is 10.2. The van der Waals surface area contributed by atoms with Gasteiger partial charge in [0.05, 0.1) is 6.20 Å². The molecule has 1 amide bonds. The molecule has 0 atom stereocenters. The summed E-state index contributed by atoms with van der Waals surface area (Å²) in [5.41, 5.74) is 1.46. The van der Waals surface area contributed by atoms with E-state index in [1.165, 1.54) is 4.68 Å². The third kappa shape index (κ3) is 4.34. The zero-order chi connectivity index (χ0) is 16.3. The van der Waals surface area contributed by atoms with Crippen LogP contribution < -0.4 is 0 Å². The lowest BCUT2D eigenvalue weighted by Crippen LogP contribution is -2.39. The minimum Gasteiger partial charge on any atom is -0.480 e. The highest BCUT2D eigenvalue weighted by molar-refractivity contribution is 5.72. The molecule has 0 aliphatic carbocycles. The first-order valence-corrected chi connectivity index (χ1v) is 7.16. The van der Waals surface area contributed by atoms with Crippen LogP contribution in [0, 0.1) is 0 Å². The molecule has 1 aromatic rings. The van der Waals surface area contributed by atoms with Gasteiger partial charge in [0, 0.05) is 24.8 Å². The summed E-state index contributed by atoms with van der Waals surface area (Å²) in [5.74, 6) is -0.927. The van der Waals surface area contributed by atoms with Gasteiger partial charge in [0.2, 0.25) is 0 Å². The van der Waals surface area contributed by atoms with Crippen LogP contribution in [-0.2, 0) is 16.1 Å². The largest absolute Gasteiger partial charge is 0.480 e. The molecule has 1 aromatic heterocycles. The number of aliphatic carboxylic acids is 1. The van der Waals surface area contributed by atoms with Gasteiger partial charge in [-0.15, -0.1) is 0 Å². The van der Waals surface area contributed by atoms with Gasteiger partial charge in [-0.05, 0) is 32.8 Å². The molecular weight excluding hydrogens is 286 g/mol. The number of hydrogen-bond donors (Lipinski definition) is 1. The molecule has 120 valence electrons. The average Bonchev–Trinajstić information content (AvgIpc) is 2.84. The predicted octanol–water partition coefficient (Wildman–Crippen LogP) is 1.99. The summed E-state index contributed by atoms with van der Waals surface area (Å²) in [5, 5.41) is 12.8. The van der Waals surface area contributed by atoms with Crippen LogP contribution in [0.5, 0.6) is 0 Å². The van der Waals surface area contributed by atoms with Crippen molar-refractivity contribution in [2.75, 3.05) is 13.1 Å². The summed E-state index contributed by atoms with van der Waals surface area (Å²) < 4.78 is 6.73. The predicted molar refractivity (Wildman–Crippen MR) is 80.3 cm³/mol. The molecular formula is C15H21N3O4. The van der Waals surface area contributed by atoms with E-state index in [4.69, 9.17) is 9.84 Å². The highest BCUT2D eigenvalue weighted by atomic mass is 16.6. The molecule has 2 heterocycles. The van der Waals surface area contributed by atoms with E-state index in [1.54, 1.807) is 17.3 Å².